The summed E-state index contributed by atoms with van der Waals surface area (Å²) in [5.41, 5.74) is 1.06. The lowest BCUT2D eigenvalue weighted by Crippen LogP contribution is -2.29. The summed E-state index contributed by atoms with van der Waals surface area (Å²) in [7, 11) is 0. The molecule has 4 rings (SSSR count). The van der Waals surface area contributed by atoms with Crippen molar-refractivity contribution in [2.45, 2.75) is 19.3 Å². The van der Waals surface area contributed by atoms with Crippen molar-refractivity contribution < 1.29 is 18.8 Å². The van der Waals surface area contributed by atoms with Gasteiger partial charge in [0.1, 0.15) is 5.82 Å². The van der Waals surface area contributed by atoms with Crippen LogP contribution in [0.4, 0.5) is 10.1 Å². The Morgan fingerprint density at radius 1 is 0.967 bits per heavy atom. The number of likely N-dealkylation sites (tertiary alicyclic amines) is 1. The van der Waals surface area contributed by atoms with Gasteiger partial charge in [-0.2, -0.15) is 0 Å². The number of rotatable bonds is 6. The second kappa shape index (κ2) is 9.36. The van der Waals surface area contributed by atoms with Crippen LogP contribution < -0.4 is 10.2 Å². The molecule has 30 heavy (non-hydrogen) atoms. The van der Waals surface area contributed by atoms with E-state index >= 15 is 0 Å². The molecule has 2 aliphatic rings. The minimum atomic E-state index is -0.514. The second-order valence-corrected chi connectivity index (χ2v) is 7.34. The Morgan fingerprint density at radius 3 is 2.33 bits per heavy atom. The van der Waals surface area contributed by atoms with Crippen LogP contribution in [-0.4, -0.2) is 48.8 Å². The molecule has 158 valence electrons. The van der Waals surface area contributed by atoms with Crippen molar-refractivity contribution in [1.29, 1.82) is 0 Å². The number of hydrogen-bond acceptors (Lipinski definition) is 4. The van der Waals surface area contributed by atoms with Gasteiger partial charge in [0.15, 0.2) is 0 Å². The molecule has 2 heterocycles. The van der Waals surface area contributed by atoms with Gasteiger partial charge in [0.2, 0.25) is 0 Å². The lowest BCUT2D eigenvalue weighted by Gasteiger charge is -2.14. The fraction of sp³-hybridized carbons (Fsp3) is 0.318. The van der Waals surface area contributed by atoms with Crippen LogP contribution in [0.5, 0.6) is 0 Å². The molecule has 0 bridgehead atoms. The zero-order valence-electron chi connectivity index (χ0n) is 16.4. The summed E-state index contributed by atoms with van der Waals surface area (Å²) in [4.78, 5) is 41.2. The van der Waals surface area contributed by atoms with Crippen LogP contribution in [-0.2, 0) is 0 Å². The molecule has 0 aliphatic carbocycles. The van der Waals surface area contributed by atoms with Gasteiger partial charge in [0.25, 0.3) is 17.7 Å². The number of carbonyl (C=O) groups is 3. The van der Waals surface area contributed by atoms with Crippen molar-refractivity contribution in [2.24, 2.45) is 0 Å². The monoisotopic (exact) mass is 431 g/mol. The summed E-state index contributed by atoms with van der Waals surface area (Å²) in [6.07, 6.45) is 3.35. The number of halogens is 2. The third-order valence-corrected chi connectivity index (χ3v) is 5.37. The lowest BCUT2D eigenvalue weighted by molar-refractivity contribution is 0.0923. The SMILES string of the molecule is Cl.O=C(NCCCN1CCCC1)c1ccc2c(c1)C(=O)N(c1ccc(F)cc1)C2=O. The Kier molecular flexibility index (Phi) is 6.84. The molecular formula is C22H23ClFN3O3. The summed E-state index contributed by atoms with van der Waals surface area (Å²) in [6.45, 7) is 3.77. The van der Waals surface area contributed by atoms with Crippen molar-refractivity contribution in [1.82, 2.24) is 10.2 Å². The Morgan fingerprint density at radius 2 is 1.63 bits per heavy atom. The van der Waals surface area contributed by atoms with E-state index in [1.165, 1.54) is 49.2 Å². The highest BCUT2D eigenvalue weighted by Gasteiger charge is 2.37. The van der Waals surface area contributed by atoms with Crippen molar-refractivity contribution in [3.8, 4) is 0 Å². The molecule has 1 saturated heterocycles. The van der Waals surface area contributed by atoms with Crippen LogP contribution in [0.2, 0.25) is 0 Å². The molecule has 0 spiro atoms. The third-order valence-electron chi connectivity index (χ3n) is 5.37. The fourth-order valence-electron chi connectivity index (χ4n) is 3.82. The molecule has 0 aromatic heterocycles. The molecule has 1 fully saturated rings. The van der Waals surface area contributed by atoms with Gasteiger partial charge in [-0.1, -0.05) is 0 Å². The molecule has 2 aliphatic heterocycles. The van der Waals surface area contributed by atoms with Gasteiger partial charge < -0.3 is 10.2 Å². The van der Waals surface area contributed by atoms with Crippen molar-refractivity contribution >= 4 is 35.8 Å². The number of fused-ring (bicyclic) bond motifs is 1. The first-order valence-corrected chi connectivity index (χ1v) is 9.83. The number of benzene rings is 2. The molecule has 1 N–H and O–H groups in total. The summed E-state index contributed by atoms with van der Waals surface area (Å²) in [6, 6.07) is 9.65. The predicted molar refractivity (Wildman–Crippen MR) is 114 cm³/mol. The molecule has 0 saturated carbocycles. The van der Waals surface area contributed by atoms with Crippen LogP contribution in [0.1, 0.15) is 50.3 Å². The largest absolute Gasteiger partial charge is 0.352 e. The van der Waals surface area contributed by atoms with Crippen molar-refractivity contribution in [3.63, 3.8) is 0 Å². The maximum absolute atomic E-state index is 13.2. The average molecular weight is 432 g/mol. The maximum atomic E-state index is 13.2. The number of nitrogens with one attached hydrogen (secondary N) is 1. The molecule has 3 amide bonds. The van der Waals surface area contributed by atoms with Gasteiger partial charge in [0.05, 0.1) is 16.8 Å². The minimum Gasteiger partial charge on any atom is -0.352 e. The van der Waals surface area contributed by atoms with Gasteiger partial charge in [-0.3, -0.25) is 14.4 Å². The van der Waals surface area contributed by atoms with Gasteiger partial charge in [0, 0.05) is 12.1 Å². The van der Waals surface area contributed by atoms with Crippen LogP contribution in [0.3, 0.4) is 0 Å². The number of hydrogen-bond donors (Lipinski definition) is 1. The highest BCUT2D eigenvalue weighted by atomic mass is 35.5. The zero-order chi connectivity index (χ0) is 20.4. The van der Waals surface area contributed by atoms with Crippen molar-refractivity contribution in [2.75, 3.05) is 31.1 Å². The average Bonchev–Trinajstić information content (AvgIpc) is 3.33. The van der Waals surface area contributed by atoms with Gasteiger partial charge in [-0.05, 0) is 81.4 Å². The van der Waals surface area contributed by atoms with Crippen LogP contribution in [0.25, 0.3) is 0 Å². The van der Waals surface area contributed by atoms with Gasteiger partial charge in [-0.15, -0.1) is 12.4 Å². The molecule has 0 atom stereocenters. The van der Waals surface area contributed by atoms with E-state index in [9.17, 15) is 18.8 Å². The van der Waals surface area contributed by atoms with E-state index in [4.69, 9.17) is 0 Å². The summed E-state index contributed by atoms with van der Waals surface area (Å²) in [5, 5.41) is 2.87. The number of carbonyl (C=O) groups excluding carboxylic acids is 3. The van der Waals surface area contributed by atoms with Crippen LogP contribution >= 0.6 is 12.4 Å². The van der Waals surface area contributed by atoms with E-state index in [-0.39, 0.29) is 29.4 Å². The molecule has 0 unspecified atom stereocenters. The van der Waals surface area contributed by atoms with Crippen molar-refractivity contribution in [3.05, 3.63) is 65.0 Å². The van der Waals surface area contributed by atoms with E-state index in [0.29, 0.717) is 17.8 Å². The third kappa shape index (κ3) is 4.37. The molecule has 6 nitrogen and oxygen atoms in total. The quantitative estimate of drug-likeness (QED) is 0.563. The first kappa shape index (κ1) is 21.9. The Bertz CT molecular complexity index is 959. The summed E-state index contributed by atoms with van der Waals surface area (Å²) in [5.74, 6) is -1.71. The lowest BCUT2D eigenvalue weighted by atomic mass is 10.1. The van der Waals surface area contributed by atoms with E-state index < -0.39 is 17.6 Å². The molecule has 0 radical (unpaired) electrons. The first-order chi connectivity index (χ1) is 14.0. The van der Waals surface area contributed by atoms with Crippen LogP contribution in [0, 0.1) is 5.82 Å². The van der Waals surface area contributed by atoms with Crippen LogP contribution in [0.15, 0.2) is 42.5 Å². The fourth-order valence-corrected chi connectivity index (χ4v) is 3.82. The van der Waals surface area contributed by atoms with Gasteiger partial charge >= 0.3 is 0 Å². The number of imide groups is 1. The molecule has 8 heteroatoms. The second-order valence-electron chi connectivity index (χ2n) is 7.34. The normalized spacial score (nSPS) is 15.8. The molecule has 2 aromatic carbocycles. The van der Waals surface area contributed by atoms with Gasteiger partial charge in [-0.25, -0.2) is 9.29 Å². The number of nitrogens with zero attached hydrogens (tertiary/aromatic N) is 2. The Hall–Kier alpha value is -2.77. The summed E-state index contributed by atoms with van der Waals surface area (Å²) < 4.78 is 13.2. The summed E-state index contributed by atoms with van der Waals surface area (Å²) >= 11 is 0. The highest BCUT2D eigenvalue weighted by molar-refractivity contribution is 6.34. The molecule has 2 aromatic rings. The smallest absolute Gasteiger partial charge is 0.266 e. The Labute approximate surface area is 180 Å². The van der Waals surface area contributed by atoms with E-state index in [1.54, 1.807) is 6.07 Å². The zero-order valence-corrected chi connectivity index (χ0v) is 17.2. The first-order valence-electron chi connectivity index (χ1n) is 9.83. The Balaban J connectivity index is 0.00000256. The standard InChI is InChI=1S/C22H22FN3O3.ClH/c23-16-5-7-17(8-6-16)26-21(28)18-9-4-15(14-19(18)22(26)29)20(27)24-10-3-13-25-11-1-2-12-25;/h4-9,14H,1-3,10-13H2,(H,24,27);1H. The number of amides is 3. The van der Waals surface area contributed by atoms with E-state index in [0.717, 1.165) is 31.0 Å². The highest BCUT2D eigenvalue weighted by Crippen LogP contribution is 2.29. The minimum absolute atomic E-state index is 0. The maximum Gasteiger partial charge on any atom is 0.266 e. The van der Waals surface area contributed by atoms with E-state index in [1.807, 2.05) is 0 Å². The topological polar surface area (TPSA) is 69.7 Å². The van der Waals surface area contributed by atoms with E-state index in [2.05, 4.69) is 10.2 Å². The number of anilines is 1. The molecular weight excluding hydrogens is 409 g/mol. The predicted octanol–water partition coefficient (Wildman–Crippen LogP) is 3.26.